The lowest BCUT2D eigenvalue weighted by Crippen LogP contribution is -2.14. The van der Waals surface area contributed by atoms with Gasteiger partial charge in [-0.2, -0.15) is 13.2 Å². The van der Waals surface area contributed by atoms with Crippen molar-refractivity contribution in [1.82, 2.24) is 0 Å². The summed E-state index contributed by atoms with van der Waals surface area (Å²) < 4.78 is 43.5. The molecule has 1 saturated heterocycles. The highest BCUT2D eigenvalue weighted by molar-refractivity contribution is 8.15. The smallest absolute Gasteiger partial charge is 0.416 e. The number of Topliss-reactive ketones (excluding diaryl/α,β-unsaturated/α-hetero) is 2. The Morgan fingerprint density at radius 1 is 1.11 bits per heavy atom. The van der Waals surface area contributed by atoms with Crippen LogP contribution in [0.25, 0.3) is 0 Å². The number of alkyl halides is 3. The first-order valence-corrected chi connectivity index (χ1v) is 9.25. The number of hydrogen-bond donors (Lipinski definition) is 0. The first kappa shape index (κ1) is 20.1. The Morgan fingerprint density at radius 3 is 2.43 bits per heavy atom. The van der Waals surface area contributed by atoms with Gasteiger partial charge in [-0.3, -0.25) is 14.4 Å². The van der Waals surface area contributed by atoms with Gasteiger partial charge in [0.15, 0.2) is 23.3 Å². The Kier molecular flexibility index (Phi) is 5.88. The van der Waals surface area contributed by atoms with Crippen LogP contribution in [0.15, 0.2) is 48.5 Å². The zero-order valence-corrected chi connectivity index (χ0v) is 15.3. The highest BCUT2D eigenvalue weighted by Crippen LogP contribution is 2.30. The molecular formula is C20H15F3O4S. The van der Waals surface area contributed by atoms with Gasteiger partial charge in [0.2, 0.25) is 0 Å². The summed E-state index contributed by atoms with van der Waals surface area (Å²) >= 11 is 1.04. The van der Waals surface area contributed by atoms with Gasteiger partial charge in [0.1, 0.15) is 5.75 Å². The molecule has 0 saturated carbocycles. The predicted octanol–water partition coefficient (Wildman–Crippen LogP) is 4.11. The second-order valence-electron chi connectivity index (χ2n) is 6.26. The Balaban J connectivity index is 1.57. The summed E-state index contributed by atoms with van der Waals surface area (Å²) in [7, 11) is 0. The maximum atomic E-state index is 12.7. The summed E-state index contributed by atoms with van der Waals surface area (Å²) in [5.41, 5.74) is -0.120. The van der Waals surface area contributed by atoms with E-state index in [2.05, 4.69) is 0 Å². The van der Waals surface area contributed by atoms with Crippen molar-refractivity contribution < 1.29 is 32.3 Å². The molecule has 2 aromatic rings. The van der Waals surface area contributed by atoms with E-state index in [1.807, 2.05) is 0 Å². The van der Waals surface area contributed by atoms with Crippen LogP contribution in [-0.4, -0.2) is 28.5 Å². The van der Waals surface area contributed by atoms with Gasteiger partial charge in [0.05, 0.1) is 17.2 Å². The van der Waals surface area contributed by atoms with Crippen LogP contribution >= 0.6 is 11.8 Å². The van der Waals surface area contributed by atoms with E-state index < -0.39 is 24.1 Å². The first-order chi connectivity index (χ1) is 13.2. The van der Waals surface area contributed by atoms with E-state index in [0.29, 0.717) is 12.2 Å². The number of halogens is 3. The van der Waals surface area contributed by atoms with Gasteiger partial charge in [-0.15, -0.1) is 0 Å². The number of carbonyl (C=O) groups is 3. The summed E-state index contributed by atoms with van der Waals surface area (Å²) in [5.74, 6) is -0.269. The van der Waals surface area contributed by atoms with Crippen LogP contribution in [0.3, 0.4) is 0 Å². The third-order valence-electron chi connectivity index (χ3n) is 4.18. The molecule has 1 heterocycles. The predicted molar refractivity (Wildman–Crippen MR) is 97.4 cm³/mol. The van der Waals surface area contributed by atoms with E-state index in [-0.39, 0.29) is 28.1 Å². The SMILES string of the molecule is O=C1CC(=O)C(Cc2ccc(OCC(=O)c3cccc(C(F)(F)F)c3)cc2)S1. The molecule has 0 spiro atoms. The van der Waals surface area contributed by atoms with Gasteiger partial charge < -0.3 is 4.74 Å². The number of benzene rings is 2. The molecule has 1 fully saturated rings. The van der Waals surface area contributed by atoms with E-state index in [4.69, 9.17) is 4.74 Å². The largest absolute Gasteiger partial charge is 0.485 e. The summed E-state index contributed by atoms with van der Waals surface area (Å²) in [6, 6.07) is 10.9. The van der Waals surface area contributed by atoms with Crippen molar-refractivity contribution in [2.24, 2.45) is 0 Å². The second-order valence-corrected chi connectivity index (χ2v) is 7.52. The van der Waals surface area contributed by atoms with Gasteiger partial charge in [0, 0.05) is 5.56 Å². The molecule has 1 unspecified atom stereocenters. The molecule has 1 aliphatic heterocycles. The molecule has 0 aliphatic carbocycles. The van der Waals surface area contributed by atoms with Crippen molar-refractivity contribution >= 4 is 28.4 Å². The van der Waals surface area contributed by atoms with Crippen LogP contribution in [0.5, 0.6) is 5.75 Å². The fraction of sp³-hybridized carbons (Fsp3) is 0.250. The normalized spacial score (nSPS) is 17.0. The minimum Gasteiger partial charge on any atom is -0.485 e. The lowest BCUT2D eigenvalue weighted by Gasteiger charge is -2.10. The Bertz CT molecular complexity index is 906. The molecule has 1 aliphatic rings. The van der Waals surface area contributed by atoms with E-state index in [1.54, 1.807) is 24.3 Å². The van der Waals surface area contributed by atoms with Crippen LogP contribution in [-0.2, 0) is 22.2 Å². The summed E-state index contributed by atoms with van der Waals surface area (Å²) in [4.78, 5) is 35.1. The van der Waals surface area contributed by atoms with Gasteiger partial charge in [0.25, 0.3) is 0 Å². The van der Waals surface area contributed by atoms with Gasteiger partial charge >= 0.3 is 6.18 Å². The third-order valence-corrected chi connectivity index (χ3v) is 5.30. The number of carbonyl (C=O) groups excluding carboxylic acids is 3. The quantitative estimate of drug-likeness (QED) is 0.532. The third kappa shape index (κ3) is 5.01. The van der Waals surface area contributed by atoms with Crippen LogP contribution in [0.2, 0.25) is 0 Å². The van der Waals surface area contributed by atoms with Crippen LogP contribution in [0, 0.1) is 0 Å². The van der Waals surface area contributed by atoms with Crippen molar-refractivity contribution in [2.75, 3.05) is 6.61 Å². The molecule has 2 aromatic carbocycles. The number of rotatable bonds is 6. The fourth-order valence-electron chi connectivity index (χ4n) is 2.71. The molecular weight excluding hydrogens is 393 g/mol. The molecule has 0 amide bonds. The maximum absolute atomic E-state index is 12.7. The molecule has 8 heteroatoms. The zero-order valence-electron chi connectivity index (χ0n) is 14.5. The molecule has 1 atom stereocenters. The fourth-order valence-corrected chi connectivity index (χ4v) is 3.75. The topological polar surface area (TPSA) is 60.4 Å². The summed E-state index contributed by atoms with van der Waals surface area (Å²) in [6.07, 6.45) is -4.12. The van der Waals surface area contributed by atoms with Crippen molar-refractivity contribution in [2.45, 2.75) is 24.3 Å². The van der Waals surface area contributed by atoms with Gasteiger partial charge in [-0.05, 0) is 36.2 Å². The Labute approximate surface area is 163 Å². The molecule has 3 rings (SSSR count). The Morgan fingerprint density at radius 2 is 1.82 bits per heavy atom. The number of ketones is 2. The van der Waals surface area contributed by atoms with E-state index in [1.165, 1.54) is 12.1 Å². The van der Waals surface area contributed by atoms with Crippen molar-refractivity contribution in [3.8, 4) is 5.75 Å². The number of hydrogen-bond acceptors (Lipinski definition) is 5. The number of thioether (sulfide) groups is 1. The summed E-state index contributed by atoms with van der Waals surface area (Å²) in [5, 5.41) is -0.496. The lowest BCUT2D eigenvalue weighted by atomic mass is 10.1. The molecule has 4 nitrogen and oxygen atoms in total. The van der Waals surface area contributed by atoms with Crippen LogP contribution < -0.4 is 4.74 Å². The monoisotopic (exact) mass is 408 g/mol. The van der Waals surface area contributed by atoms with Crippen molar-refractivity contribution in [3.05, 3.63) is 65.2 Å². The molecule has 0 bridgehead atoms. The maximum Gasteiger partial charge on any atom is 0.416 e. The van der Waals surface area contributed by atoms with E-state index in [9.17, 15) is 27.6 Å². The van der Waals surface area contributed by atoms with E-state index >= 15 is 0 Å². The molecule has 0 aromatic heterocycles. The van der Waals surface area contributed by atoms with Crippen molar-refractivity contribution in [1.29, 1.82) is 0 Å². The minimum atomic E-state index is -4.52. The average Bonchev–Trinajstić information content (AvgIpc) is 2.97. The second kappa shape index (κ2) is 8.18. The average molecular weight is 408 g/mol. The zero-order chi connectivity index (χ0) is 20.3. The molecule has 146 valence electrons. The van der Waals surface area contributed by atoms with Crippen molar-refractivity contribution in [3.63, 3.8) is 0 Å². The lowest BCUT2D eigenvalue weighted by molar-refractivity contribution is -0.137. The molecule has 28 heavy (non-hydrogen) atoms. The van der Waals surface area contributed by atoms with Gasteiger partial charge in [-0.25, -0.2) is 0 Å². The molecule has 0 N–H and O–H groups in total. The standard InChI is InChI=1S/C20H15F3O4S/c21-20(22,23)14-3-1-2-13(9-14)17(25)11-27-15-6-4-12(5-7-15)8-18-16(24)10-19(26)28-18/h1-7,9,18H,8,10-11H2. The minimum absolute atomic E-state index is 0.0336. The van der Waals surface area contributed by atoms with Gasteiger partial charge in [-0.1, -0.05) is 36.0 Å². The first-order valence-electron chi connectivity index (χ1n) is 8.37. The van der Waals surface area contributed by atoms with Crippen LogP contribution in [0.4, 0.5) is 13.2 Å². The highest BCUT2D eigenvalue weighted by atomic mass is 32.2. The Hall–Kier alpha value is -2.61. The molecule has 0 radical (unpaired) electrons. The highest BCUT2D eigenvalue weighted by Gasteiger charge is 2.32. The van der Waals surface area contributed by atoms with E-state index in [0.717, 1.165) is 29.5 Å². The number of ether oxygens (including phenoxy) is 1. The summed E-state index contributed by atoms with van der Waals surface area (Å²) in [6.45, 7) is -0.397. The van der Waals surface area contributed by atoms with Crippen LogP contribution in [0.1, 0.15) is 27.9 Å².